The quantitative estimate of drug-likeness (QED) is 0.552. The number of methoxy groups -OCH3 is 1. The standard InChI is InChI=1S/C9H19NO2/c1-12-7-3-2-6-10-9(8-11)4-5-9/h10-11H,2-8H2,1H3. The van der Waals surface area contributed by atoms with Crippen molar-refractivity contribution in [2.24, 2.45) is 0 Å². The van der Waals surface area contributed by atoms with Crippen molar-refractivity contribution in [1.82, 2.24) is 5.32 Å². The summed E-state index contributed by atoms with van der Waals surface area (Å²) in [5.41, 5.74) is 0.104. The molecule has 0 aromatic rings. The number of rotatable bonds is 7. The molecule has 3 heteroatoms. The number of aliphatic hydroxyl groups is 1. The lowest BCUT2D eigenvalue weighted by molar-refractivity contribution is 0.189. The van der Waals surface area contributed by atoms with Gasteiger partial charge in [-0.25, -0.2) is 0 Å². The second-order valence-corrected chi connectivity index (χ2v) is 3.57. The highest BCUT2D eigenvalue weighted by Gasteiger charge is 2.40. The van der Waals surface area contributed by atoms with Crippen molar-refractivity contribution in [3.8, 4) is 0 Å². The number of nitrogens with one attached hydrogen (secondary N) is 1. The van der Waals surface area contributed by atoms with Crippen LogP contribution in [0.3, 0.4) is 0 Å². The summed E-state index contributed by atoms with van der Waals surface area (Å²) < 4.78 is 4.94. The molecule has 0 saturated heterocycles. The van der Waals surface area contributed by atoms with E-state index < -0.39 is 0 Å². The number of hydrogen-bond acceptors (Lipinski definition) is 3. The Labute approximate surface area is 74.1 Å². The molecule has 0 bridgehead atoms. The van der Waals surface area contributed by atoms with E-state index in [4.69, 9.17) is 9.84 Å². The first kappa shape index (κ1) is 9.96. The minimum Gasteiger partial charge on any atom is -0.394 e. The maximum Gasteiger partial charge on any atom is 0.0613 e. The number of aliphatic hydroxyl groups excluding tert-OH is 1. The van der Waals surface area contributed by atoms with Gasteiger partial charge in [-0.05, 0) is 32.2 Å². The second-order valence-electron chi connectivity index (χ2n) is 3.57. The lowest BCUT2D eigenvalue weighted by atomic mass is 10.2. The molecule has 0 amide bonds. The van der Waals surface area contributed by atoms with Crippen molar-refractivity contribution in [3.05, 3.63) is 0 Å². The van der Waals surface area contributed by atoms with Crippen molar-refractivity contribution >= 4 is 0 Å². The average Bonchev–Trinajstić information content (AvgIpc) is 2.85. The van der Waals surface area contributed by atoms with Gasteiger partial charge in [0.2, 0.25) is 0 Å². The van der Waals surface area contributed by atoms with Gasteiger partial charge in [0.25, 0.3) is 0 Å². The van der Waals surface area contributed by atoms with E-state index in [9.17, 15) is 0 Å². The first-order chi connectivity index (χ1) is 5.83. The fourth-order valence-electron chi connectivity index (χ4n) is 1.27. The van der Waals surface area contributed by atoms with Crippen LogP contribution in [0.1, 0.15) is 25.7 Å². The largest absolute Gasteiger partial charge is 0.394 e. The summed E-state index contributed by atoms with van der Waals surface area (Å²) in [5, 5.41) is 12.3. The molecule has 0 radical (unpaired) electrons. The van der Waals surface area contributed by atoms with Gasteiger partial charge in [0.05, 0.1) is 6.61 Å². The van der Waals surface area contributed by atoms with Crippen molar-refractivity contribution in [2.45, 2.75) is 31.2 Å². The third-order valence-corrected chi connectivity index (χ3v) is 2.43. The Bertz CT molecular complexity index is 124. The third kappa shape index (κ3) is 3.09. The Hall–Kier alpha value is -0.120. The predicted molar refractivity (Wildman–Crippen MR) is 48.2 cm³/mol. The minimum absolute atomic E-state index is 0.104. The van der Waals surface area contributed by atoms with Crippen LogP contribution in [0.4, 0.5) is 0 Å². The number of ether oxygens (including phenoxy) is 1. The third-order valence-electron chi connectivity index (χ3n) is 2.43. The van der Waals surface area contributed by atoms with Crippen LogP contribution in [-0.4, -0.2) is 37.5 Å². The summed E-state index contributed by atoms with van der Waals surface area (Å²) in [6.45, 7) is 2.13. The molecule has 0 spiro atoms. The monoisotopic (exact) mass is 173 g/mol. The van der Waals surface area contributed by atoms with Crippen LogP contribution in [0.5, 0.6) is 0 Å². The molecule has 12 heavy (non-hydrogen) atoms. The van der Waals surface area contributed by atoms with Crippen LogP contribution in [0.15, 0.2) is 0 Å². The van der Waals surface area contributed by atoms with Crippen LogP contribution in [0.25, 0.3) is 0 Å². The van der Waals surface area contributed by atoms with E-state index in [1.165, 1.54) is 0 Å². The van der Waals surface area contributed by atoms with Crippen molar-refractivity contribution in [2.75, 3.05) is 26.9 Å². The zero-order chi connectivity index (χ0) is 8.86. The Kier molecular flexibility index (Phi) is 3.98. The molecule has 72 valence electrons. The van der Waals surface area contributed by atoms with Crippen molar-refractivity contribution in [3.63, 3.8) is 0 Å². The Balaban J connectivity index is 1.89. The fourth-order valence-corrected chi connectivity index (χ4v) is 1.27. The van der Waals surface area contributed by atoms with E-state index in [2.05, 4.69) is 5.32 Å². The van der Waals surface area contributed by atoms with E-state index in [0.717, 1.165) is 38.8 Å². The van der Waals surface area contributed by atoms with Gasteiger partial charge in [0.15, 0.2) is 0 Å². The molecule has 1 aliphatic rings. The molecule has 0 aliphatic heterocycles. The van der Waals surface area contributed by atoms with Crippen LogP contribution < -0.4 is 5.32 Å². The van der Waals surface area contributed by atoms with Gasteiger partial charge >= 0.3 is 0 Å². The SMILES string of the molecule is COCCCCNC1(CO)CC1. The highest BCUT2D eigenvalue weighted by Crippen LogP contribution is 2.34. The minimum atomic E-state index is 0.104. The van der Waals surface area contributed by atoms with Gasteiger partial charge in [-0.2, -0.15) is 0 Å². The van der Waals surface area contributed by atoms with E-state index in [-0.39, 0.29) is 12.1 Å². The van der Waals surface area contributed by atoms with Crippen molar-refractivity contribution < 1.29 is 9.84 Å². The zero-order valence-corrected chi connectivity index (χ0v) is 7.81. The molecule has 0 aromatic carbocycles. The highest BCUT2D eigenvalue weighted by molar-refractivity contribution is 5.01. The molecule has 0 atom stereocenters. The van der Waals surface area contributed by atoms with Gasteiger partial charge in [-0.1, -0.05) is 0 Å². The maximum atomic E-state index is 8.97. The number of unbranched alkanes of at least 4 members (excludes halogenated alkanes) is 1. The maximum absolute atomic E-state index is 8.97. The smallest absolute Gasteiger partial charge is 0.0613 e. The summed E-state index contributed by atoms with van der Waals surface area (Å²) >= 11 is 0. The van der Waals surface area contributed by atoms with Crippen LogP contribution >= 0.6 is 0 Å². The van der Waals surface area contributed by atoms with Gasteiger partial charge in [0, 0.05) is 19.3 Å². The normalized spacial score (nSPS) is 19.5. The first-order valence-corrected chi connectivity index (χ1v) is 4.68. The lowest BCUT2D eigenvalue weighted by Crippen LogP contribution is -2.35. The molecular formula is C9H19NO2. The molecule has 1 aliphatic carbocycles. The summed E-state index contributed by atoms with van der Waals surface area (Å²) in [5.74, 6) is 0. The molecule has 3 nitrogen and oxygen atoms in total. The molecule has 2 N–H and O–H groups in total. The van der Waals surface area contributed by atoms with E-state index in [0.29, 0.717) is 0 Å². The Morgan fingerprint density at radius 2 is 2.17 bits per heavy atom. The molecular weight excluding hydrogens is 154 g/mol. The zero-order valence-electron chi connectivity index (χ0n) is 7.81. The summed E-state index contributed by atoms with van der Waals surface area (Å²) in [6.07, 6.45) is 4.50. The molecule has 1 rings (SSSR count). The molecule has 0 heterocycles. The Morgan fingerprint density at radius 3 is 2.67 bits per heavy atom. The van der Waals surface area contributed by atoms with Crippen LogP contribution in [0.2, 0.25) is 0 Å². The van der Waals surface area contributed by atoms with Gasteiger partial charge in [-0.15, -0.1) is 0 Å². The van der Waals surface area contributed by atoms with E-state index in [1.54, 1.807) is 7.11 Å². The topological polar surface area (TPSA) is 41.5 Å². The van der Waals surface area contributed by atoms with E-state index in [1.807, 2.05) is 0 Å². The summed E-state index contributed by atoms with van der Waals surface area (Å²) in [4.78, 5) is 0. The summed E-state index contributed by atoms with van der Waals surface area (Å²) in [7, 11) is 1.73. The summed E-state index contributed by atoms with van der Waals surface area (Å²) in [6, 6.07) is 0. The predicted octanol–water partition coefficient (Wildman–Crippen LogP) is 0.527. The van der Waals surface area contributed by atoms with Gasteiger partial charge in [-0.3, -0.25) is 0 Å². The highest BCUT2D eigenvalue weighted by atomic mass is 16.5. The van der Waals surface area contributed by atoms with Crippen LogP contribution in [0, 0.1) is 0 Å². The van der Waals surface area contributed by atoms with Gasteiger partial charge < -0.3 is 15.2 Å². The molecule has 0 aromatic heterocycles. The second kappa shape index (κ2) is 4.80. The van der Waals surface area contributed by atoms with Crippen molar-refractivity contribution in [1.29, 1.82) is 0 Å². The van der Waals surface area contributed by atoms with Crippen LogP contribution in [-0.2, 0) is 4.74 Å². The first-order valence-electron chi connectivity index (χ1n) is 4.68. The Morgan fingerprint density at radius 1 is 1.42 bits per heavy atom. The average molecular weight is 173 g/mol. The fraction of sp³-hybridized carbons (Fsp3) is 1.00. The number of hydrogen-bond donors (Lipinski definition) is 2. The molecule has 1 saturated carbocycles. The van der Waals surface area contributed by atoms with E-state index >= 15 is 0 Å². The molecule has 0 unspecified atom stereocenters. The lowest BCUT2D eigenvalue weighted by Gasteiger charge is -2.13. The van der Waals surface area contributed by atoms with Gasteiger partial charge in [0.1, 0.15) is 0 Å². The molecule has 1 fully saturated rings.